The minimum Gasteiger partial charge on any atom is -0.494 e. The van der Waals surface area contributed by atoms with Crippen LogP contribution < -0.4 is 10.1 Å². The van der Waals surface area contributed by atoms with E-state index in [1.165, 1.54) is 33.3 Å². The molecular weight excluding hydrogens is 298 g/mol. The van der Waals surface area contributed by atoms with Crippen LogP contribution in [0.2, 0.25) is 0 Å². The minimum absolute atomic E-state index is 0.0675. The number of ether oxygens (including phenoxy) is 1. The third-order valence-corrected chi connectivity index (χ3v) is 3.01. The van der Waals surface area contributed by atoms with Gasteiger partial charge in [-0.2, -0.15) is 8.42 Å². The average molecular weight is 313 g/mol. The zero-order chi connectivity index (χ0) is 16.0. The second-order valence-corrected chi connectivity index (χ2v) is 4.62. The highest BCUT2D eigenvalue weighted by Gasteiger charge is 2.16. The fourth-order valence-corrected chi connectivity index (χ4v) is 1.87. The van der Waals surface area contributed by atoms with Crippen LogP contribution in [0.3, 0.4) is 0 Å². The number of carbonyl (C=O) groups is 2. The van der Waals surface area contributed by atoms with E-state index < -0.39 is 22.4 Å². The fraction of sp³-hybridized carbons (Fsp3) is 0.333. The molecule has 8 nitrogen and oxygen atoms in total. The molecule has 0 spiro atoms. The van der Waals surface area contributed by atoms with Gasteiger partial charge in [0.15, 0.2) is 0 Å². The Morgan fingerprint density at radius 1 is 1.38 bits per heavy atom. The number of hydrogen-bond donors (Lipinski definition) is 1. The lowest BCUT2D eigenvalue weighted by atomic mass is 10.1. The highest BCUT2D eigenvalue weighted by Crippen LogP contribution is 2.28. The molecule has 1 rings (SSSR count). The summed E-state index contributed by atoms with van der Waals surface area (Å²) in [6, 6.07) is 4.00. The smallest absolute Gasteiger partial charge is 0.323 e. The Morgan fingerprint density at radius 2 is 2.05 bits per heavy atom. The van der Waals surface area contributed by atoms with E-state index in [4.69, 9.17) is 4.74 Å². The quantitative estimate of drug-likeness (QED) is 0.882. The molecule has 1 N–H and O–H groups in total. The number of urea groups is 1. The van der Waals surface area contributed by atoms with Gasteiger partial charge < -0.3 is 10.1 Å². The van der Waals surface area contributed by atoms with Gasteiger partial charge >= 0.3 is 16.5 Å². The number of benzene rings is 1. The largest absolute Gasteiger partial charge is 0.494 e. The van der Waals surface area contributed by atoms with Crippen molar-refractivity contribution in [3.05, 3.63) is 23.8 Å². The molecule has 0 saturated carbocycles. The standard InChI is InChI=1S/C12H15N3O5S/c1-13-12(17)15(2)11(16)7-8-4-5-10(20-3)9(6-8)14-21(18)19/h4-6H,7H2,1-3H3,(H,13,17). The van der Waals surface area contributed by atoms with Crippen LogP contribution in [0.4, 0.5) is 10.5 Å². The molecule has 0 radical (unpaired) electrons. The molecule has 114 valence electrons. The fourth-order valence-electron chi connectivity index (χ4n) is 1.57. The number of methoxy groups -OCH3 is 1. The molecule has 0 aliphatic rings. The Bertz CT molecular complexity index is 676. The van der Waals surface area contributed by atoms with Crippen molar-refractivity contribution in [3.8, 4) is 5.75 Å². The van der Waals surface area contributed by atoms with Crippen LogP contribution in [0, 0.1) is 0 Å². The maximum absolute atomic E-state index is 11.9. The zero-order valence-electron chi connectivity index (χ0n) is 11.8. The van der Waals surface area contributed by atoms with Crippen LogP contribution in [0.15, 0.2) is 22.6 Å². The van der Waals surface area contributed by atoms with Gasteiger partial charge in [0.1, 0.15) is 11.4 Å². The van der Waals surface area contributed by atoms with Crippen molar-refractivity contribution in [2.24, 2.45) is 4.36 Å². The predicted octanol–water partition coefficient (Wildman–Crippen LogP) is 0.730. The molecule has 0 fully saturated rings. The number of nitrogens with zero attached hydrogens (tertiary/aromatic N) is 2. The summed E-state index contributed by atoms with van der Waals surface area (Å²) >= 11 is 0. The van der Waals surface area contributed by atoms with Gasteiger partial charge in [0.2, 0.25) is 5.91 Å². The number of carbonyl (C=O) groups excluding carboxylic acids is 2. The van der Waals surface area contributed by atoms with Crippen molar-refractivity contribution >= 4 is 28.1 Å². The van der Waals surface area contributed by atoms with Crippen molar-refractivity contribution < 1.29 is 22.7 Å². The van der Waals surface area contributed by atoms with Crippen molar-refractivity contribution in [1.82, 2.24) is 10.2 Å². The van der Waals surface area contributed by atoms with Gasteiger partial charge in [-0.05, 0) is 17.7 Å². The van der Waals surface area contributed by atoms with Crippen LogP contribution in [0.5, 0.6) is 5.75 Å². The van der Waals surface area contributed by atoms with E-state index >= 15 is 0 Å². The summed E-state index contributed by atoms with van der Waals surface area (Å²) in [4.78, 5) is 24.1. The summed E-state index contributed by atoms with van der Waals surface area (Å²) in [5, 5.41) is 2.33. The molecule has 0 aliphatic carbocycles. The van der Waals surface area contributed by atoms with Gasteiger partial charge in [0.25, 0.3) is 0 Å². The molecule has 9 heteroatoms. The molecule has 1 aromatic carbocycles. The summed E-state index contributed by atoms with van der Waals surface area (Å²) < 4.78 is 29.7. The van der Waals surface area contributed by atoms with Gasteiger partial charge in [-0.15, -0.1) is 4.36 Å². The van der Waals surface area contributed by atoms with Gasteiger partial charge in [0, 0.05) is 14.1 Å². The Labute approximate surface area is 123 Å². The summed E-state index contributed by atoms with van der Waals surface area (Å²) in [6.07, 6.45) is -0.0675. The minimum atomic E-state index is -2.63. The van der Waals surface area contributed by atoms with Crippen molar-refractivity contribution in [2.45, 2.75) is 6.42 Å². The number of hydrogen-bond acceptors (Lipinski definition) is 6. The molecule has 0 heterocycles. The van der Waals surface area contributed by atoms with E-state index in [9.17, 15) is 18.0 Å². The third-order valence-electron chi connectivity index (χ3n) is 2.66. The Hall–Kier alpha value is -2.42. The first kappa shape index (κ1) is 16.6. The van der Waals surface area contributed by atoms with Crippen molar-refractivity contribution in [2.75, 3.05) is 21.2 Å². The van der Waals surface area contributed by atoms with E-state index in [1.54, 1.807) is 6.07 Å². The van der Waals surface area contributed by atoms with Crippen LogP contribution in [-0.4, -0.2) is 46.5 Å². The Kier molecular flexibility index (Phi) is 5.85. The average Bonchev–Trinajstić information content (AvgIpc) is 2.45. The second-order valence-electron chi connectivity index (χ2n) is 4.00. The lowest BCUT2D eigenvalue weighted by Crippen LogP contribution is -2.40. The molecule has 0 atom stereocenters. The lowest BCUT2D eigenvalue weighted by Gasteiger charge is -2.14. The van der Waals surface area contributed by atoms with E-state index in [2.05, 4.69) is 9.68 Å². The molecule has 21 heavy (non-hydrogen) atoms. The SMILES string of the molecule is CNC(=O)N(C)C(=O)Cc1ccc(OC)c(N=S(=O)=O)c1. The van der Waals surface area contributed by atoms with Crippen LogP contribution in [-0.2, 0) is 21.7 Å². The molecule has 0 bridgehead atoms. The summed E-state index contributed by atoms with van der Waals surface area (Å²) in [5.41, 5.74) is 0.611. The summed E-state index contributed by atoms with van der Waals surface area (Å²) in [7, 11) is 1.52. The summed E-state index contributed by atoms with van der Waals surface area (Å²) in [5.74, 6) is -0.163. The van der Waals surface area contributed by atoms with Gasteiger partial charge in [0.05, 0.1) is 13.5 Å². The molecule has 3 amide bonds. The van der Waals surface area contributed by atoms with Crippen LogP contribution in [0.1, 0.15) is 5.56 Å². The highest BCUT2D eigenvalue weighted by molar-refractivity contribution is 7.61. The first-order valence-corrected chi connectivity index (χ1v) is 6.88. The number of rotatable bonds is 4. The molecule has 0 aromatic heterocycles. The first-order valence-electron chi connectivity index (χ1n) is 5.85. The van der Waals surface area contributed by atoms with Crippen molar-refractivity contribution in [1.29, 1.82) is 0 Å². The van der Waals surface area contributed by atoms with E-state index in [0.29, 0.717) is 5.56 Å². The topological polar surface area (TPSA) is 105 Å². The first-order chi connectivity index (χ1) is 9.88. The third kappa shape index (κ3) is 4.56. The number of amides is 3. The number of likely N-dealkylation sites (N-methyl/N-ethyl adjacent to an activating group) is 1. The molecule has 0 aliphatic heterocycles. The normalized spacial score (nSPS) is 9.67. The van der Waals surface area contributed by atoms with E-state index in [0.717, 1.165) is 4.90 Å². The zero-order valence-corrected chi connectivity index (χ0v) is 12.6. The highest BCUT2D eigenvalue weighted by atomic mass is 32.2. The van der Waals surface area contributed by atoms with E-state index in [1.807, 2.05) is 0 Å². The monoisotopic (exact) mass is 313 g/mol. The Balaban J connectivity index is 3.03. The van der Waals surface area contributed by atoms with Gasteiger partial charge in [-0.1, -0.05) is 6.07 Å². The van der Waals surface area contributed by atoms with E-state index in [-0.39, 0.29) is 17.9 Å². The molecular formula is C12H15N3O5S. The van der Waals surface area contributed by atoms with Gasteiger partial charge in [-0.25, -0.2) is 4.79 Å². The van der Waals surface area contributed by atoms with Crippen LogP contribution >= 0.6 is 0 Å². The number of nitrogens with one attached hydrogen (secondary N) is 1. The maximum atomic E-state index is 11.9. The lowest BCUT2D eigenvalue weighted by molar-refractivity contribution is -0.126. The second kappa shape index (κ2) is 7.39. The molecule has 0 saturated heterocycles. The maximum Gasteiger partial charge on any atom is 0.323 e. The van der Waals surface area contributed by atoms with Gasteiger partial charge in [-0.3, -0.25) is 9.69 Å². The number of imide groups is 1. The summed E-state index contributed by atoms with van der Waals surface area (Å²) in [6.45, 7) is 0. The molecule has 0 unspecified atom stereocenters. The predicted molar refractivity (Wildman–Crippen MR) is 74.9 cm³/mol. The Morgan fingerprint density at radius 3 is 2.57 bits per heavy atom. The van der Waals surface area contributed by atoms with Crippen molar-refractivity contribution in [3.63, 3.8) is 0 Å². The molecule has 1 aromatic rings. The van der Waals surface area contributed by atoms with Crippen LogP contribution in [0.25, 0.3) is 0 Å².